The van der Waals surface area contributed by atoms with Gasteiger partial charge in [-0.05, 0) is 47.9 Å². The summed E-state index contributed by atoms with van der Waals surface area (Å²) in [5.74, 6) is 0. The fourth-order valence-corrected chi connectivity index (χ4v) is 3.11. The van der Waals surface area contributed by atoms with Crippen LogP contribution in [0.15, 0.2) is 40.9 Å². The molecule has 0 fully saturated rings. The zero-order valence-corrected chi connectivity index (χ0v) is 13.4. The first kappa shape index (κ1) is 14.9. The normalized spacial score (nSPS) is 12.5. The minimum absolute atomic E-state index is 0.464. The molecule has 0 aliphatic carbocycles. The summed E-state index contributed by atoms with van der Waals surface area (Å²) >= 11 is 15.5. The predicted molar refractivity (Wildman–Crippen MR) is 84.0 cm³/mol. The Kier molecular flexibility index (Phi) is 4.91. The van der Waals surface area contributed by atoms with E-state index >= 15 is 0 Å². The van der Waals surface area contributed by atoms with Crippen LogP contribution in [0.5, 0.6) is 0 Å². The van der Waals surface area contributed by atoms with E-state index < -0.39 is 6.10 Å². The summed E-state index contributed by atoms with van der Waals surface area (Å²) in [5, 5.41) is 11.6. The highest BCUT2D eigenvalue weighted by Crippen LogP contribution is 2.28. The fourth-order valence-electron chi connectivity index (χ4n) is 1.91. The van der Waals surface area contributed by atoms with Gasteiger partial charge < -0.3 is 5.11 Å². The molecule has 100 valence electrons. The number of aliphatic hydroxyl groups excluding tert-OH is 1. The molecule has 1 N–H and O–H groups in total. The molecule has 0 aliphatic rings. The summed E-state index contributed by atoms with van der Waals surface area (Å²) in [6, 6.07) is 11.2. The largest absolute Gasteiger partial charge is 0.388 e. The van der Waals surface area contributed by atoms with Gasteiger partial charge in [0.15, 0.2) is 0 Å². The summed E-state index contributed by atoms with van der Waals surface area (Å²) in [7, 11) is 0. The van der Waals surface area contributed by atoms with Crippen molar-refractivity contribution in [2.24, 2.45) is 0 Å². The van der Waals surface area contributed by atoms with Crippen LogP contribution in [0, 0.1) is 6.92 Å². The van der Waals surface area contributed by atoms with Crippen molar-refractivity contribution >= 4 is 39.1 Å². The van der Waals surface area contributed by atoms with E-state index in [4.69, 9.17) is 23.2 Å². The van der Waals surface area contributed by atoms with Crippen LogP contribution < -0.4 is 0 Å². The maximum Gasteiger partial charge on any atom is 0.0831 e. The molecule has 1 nitrogen and oxygen atoms in total. The molecule has 2 rings (SSSR count). The standard InChI is InChI=1S/C15H13BrCl2O/c1-9-2-3-10(14(18)4-9)7-15(19)11-5-12(16)8-13(17)6-11/h2-6,8,15,19H,7H2,1H3. The van der Waals surface area contributed by atoms with Gasteiger partial charge in [0.25, 0.3) is 0 Å². The Morgan fingerprint density at radius 2 is 1.89 bits per heavy atom. The van der Waals surface area contributed by atoms with Gasteiger partial charge in [-0.3, -0.25) is 0 Å². The zero-order chi connectivity index (χ0) is 14.0. The third-order valence-electron chi connectivity index (χ3n) is 2.89. The third-order valence-corrected chi connectivity index (χ3v) is 3.92. The molecule has 1 unspecified atom stereocenters. The number of halogens is 3. The van der Waals surface area contributed by atoms with Crippen molar-refractivity contribution in [3.8, 4) is 0 Å². The summed E-state index contributed by atoms with van der Waals surface area (Å²) < 4.78 is 0.851. The van der Waals surface area contributed by atoms with Crippen LogP contribution in [0.4, 0.5) is 0 Å². The van der Waals surface area contributed by atoms with Crippen LogP contribution >= 0.6 is 39.1 Å². The average Bonchev–Trinajstić information content (AvgIpc) is 2.31. The molecule has 0 aliphatic heterocycles. The van der Waals surface area contributed by atoms with Crippen molar-refractivity contribution in [2.45, 2.75) is 19.4 Å². The Morgan fingerprint density at radius 1 is 1.16 bits per heavy atom. The van der Waals surface area contributed by atoms with Gasteiger partial charge in [-0.1, -0.05) is 51.3 Å². The highest BCUT2D eigenvalue weighted by atomic mass is 79.9. The number of rotatable bonds is 3. The first-order valence-corrected chi connectivity index (χ1v) is 7.39. The van der Waals surface area contributed by atoms with Crippen molar-refractivity contribution in [3.63, 3.8) is 0 Å². The number of aliphatic hydroxyl groups is 1. The molecule has 2 aromatic rings. The molecule has 0 aromatic heterocycles. The molecule has 19 heavy (non-hydrogen) atoms. The van der Waals surface area contributed by atoms with E-state index in [1.54, 1.807) is 12.1 Å². The average molecular weight is 360 g/mol. The predicted octanol–water partition coefficient (Wildman–Crippen LogP) is 5.34. The second kappa shape index (κ2) is 6.27. The SMILES string of the molecule is Cc1ccc(CC(O)c2cc(Cl)cc(Br)c2)c(Cl)c1. The van der Waals surface area contributed by atoms with Crippen molar-refractivity contribution < 1.29 is 5.11 Å². The molecule has 1 atom stereocenters. The third kappa shape index (κ3) is 3.96. The lowest BCUT2D eigenvalue weighted by atomic mass is 10.0. The molecule has 0 amide bonds. The summed E-state index contributed by atoms with van der Waals surface area (Å²) in [5.41, 5.74) is 2.81. The van der Waals surface area contributed by atoms with E-state index in [-0.39, 0.29) is 0 Å². The van der Waals surface area contributed by atoms with Gasteiger partial charge >= 0.3 is 0 Å². The molecule has 2 aromatic carbocycles. The van der Waals surface area contributed by atoms with Gasteiger partial charge in [0, 0.05) is 20.9 Å². The maximum atomic E-state index is 10.3. The maximum absolute atomic E-state index is 10.3. The first-order valence-electron chi connectivity index (χ1n) is 5.85. The molecule has 0 saturated heterocycles. The smallest absolute Gasteiger partial charge is 0.0831 e. The number of benzene rings is 2. The summed E-state index contributed by atoms with van der Waals surface area (Å²) in [6.07, 6.45) is -0.165. The van der Waals surface area contributed by atoms with Crippen LogP contribution in [0.1, 0.15) is 22.8 Å². The lowest BCUT2D eigenvalue weighted by molar-refractivity contribution is 0.178. The van der Waals surface area contributed by atoms with Crippen LogP contribution in [0.25, 0.3) is 0 Å². The van der Waals surface area contributed by atoms with Crippen LogP contribution in [-0.4, -0.2) is 5.11 Å². The van der Waals surface area contributed by atoms with Crippen LogP contribution in [0.2, 0.25) is 10.0 Å². The Labute approximate surface area is 131 Å². The highest BCUT2D eigenvalue weighted by Gasteiger charge is 2.12. The number of aryl methyl sites for hydroxylation is 1. The van der Waals surface area contributed by atoms with Gasteiger partial charge in [-0.2, -0.15) is 0 Å². The van der Waals surface area contributed by atoms with E-state index in [1.165, 1.54) is 0 Å². The Balaban J connectivity index is 2.22. The van der Waals surface area contributed by atoms with E-state index in [1.807, 2.05) is 31.2 Å². The van der Waals surface area contributed by atoms with E-state index in [2.05, 4.69) is 15.9 Å². The molecule has 0 saturated carbocycles. The lowest BCUT2D eigenvalue weighted by Crippen LogP contribution is -2.02. The summed E-state index contributed by atoms with van der Waals surface area (Å²) in [4.78, 5) is 0. The Morgan fingerprint density at radius 3 is 2.53 bits per heavy atom. The molecule has 0 bridgehead atoms. The van der Waals surface area contributed by atoms with Gasteiger partial charge in [-0.15, -0.1) is 0 Å². The van der Waals surface area contributed by atoms with E-state index in [0.29, 0.717) is 16.5 Å². The van der Waals surface area contributed by atoms with Crippen molar-refractivity contribution in [2.75, 3.05) is 0 Å². The molecule has 0 heterocycles. The van der Waals surface area contributed by atoms with Crippen LogP contribution in [-0.2, 0) is 6.42 Å². The van der Waals surface area contributed by atoms with E-state index in [0.717, 1.165) is 21.2 Å². The van der Waals surface area contributed by atoms with Crippen molar-refractivity contribution in [3.05, 3.63) is 67.6 Å². The molecule has 4 heteroatoms. The van der Waals surface area contributed by atoms with Gasteiger partial charge in [0.2, 0.25) is 0 Å². The topological polar surface area (TPSA) is 20.2 Å². The van der Waals surface area contributed by atoms with Gasteiger partial charge in [0.05, 0.1) is 6.10 Å². The quantitative estimate of drug-likeness (QED) is 0.784. The monoisotopic (exact) mass is 358 g/mol. The van der Waals surface area contributed by atoms with Crippen LogP contribution in [0.3, 0.4) is 0 Å². The summed E-state index contributed by atoms with van der Waals surface area (Å²) in [6.45, 7) is 1.99. The highest BCUT2D eigenvalue weighted by molar-refractivity contribution is 9.10. The second-order valence-electron chi connectivity index (χ2n) is 4.52. The minimum atomic E-state index is -0.629. The molecular formula is C15H13BrCl2O. The minimum Gasteiger partial charge on any atom is -0.388 e. The number of hydrogen-bond donors (Lipinski definition) is 1. The van der Waals surface area contributed by atoms with Crippen molar-refractivity contribution in [1.29, 1.82) is 0 Å². The number of hydrogen-bond acceptors (Lipinski definition) is 1. The molecule has 0 radical (unpaired) electrons. The first-order chi connectivity index (χ1) is 8.95. The zero-order valence-electron chi connectivity index (χ0n) is 10.3. The molecule has 0 spiro atoms. The van der Waals surface area contributed by atoms with Crippen molar-refractivity contribution in [1.82, 2.24) is 0 Å². The lowest BCUT2D eigenvalue weighted by Gasteiger charge is -2.13. The van der Waals surface area contributed by atoms with E-state index in [9.17, 15) is 5.11 Å². The van der Waals surface area contributed by atoms with Gasteiger partial charge in [0.1, 0.15) is 0 Å². The Hall–Kier alpha value is -0.540. The van der Waals surface area contributed by atoms with Gasteiger partial charge in [-0.25, -0.2) is 0 Å². The Bertz CT molecular complexity index is 578. The molecular weight excluding hydrogens is 347 g/mol. The fraction of sp³-hybridized carbons (Fsp3) is 0.200. The second-order valence-corrected chi connectivity index (χ2v) is 6.28.